The largest absolute Gasteiger partial charge is 0.491 e. The Hall–Kier alpha value is -4.14. The van der Waals surface area contributed by atoms with Gasteiger partial charge in [-0.25, -0.2) is 0 Å². The van der Waals surface area contributed by atoms with E-state index in [-0.39, 0.29) is 12.2 Å². The fourth-order valence-electron chi connectivity index (χ4n) is 3.63. The molecule has 0 aliphatic heterocycles. The average Bonchev–Trinajstić information content (AvgIpc) is 2.81. The molecular formula is C32H28O2. The van der Waals surface area contributed by atoms with Crippen LogP contribution in [0.15, 0.2) is 84.9 Å². The van der Waals surface area contributed by atoms with Crippen molar-refractivity contribution in [2.75, 3.05) is 0 Å². The molecule has 0 unspecified atom stereocenters. The second kappa shape index (κ2) is 10.7. The molecule has 4 aromatic carbocycles. The Morgan fingerprint density at radius 3 is 1.35 bits per heavy atom. The quantitative estimate of drug-likeness (QED) is 0.310. The Labute approximate surface area is 202 Å². The van der Waals surface area contributed by atoms with Gasteiger partial charge in [0, 0.05) is 22.3 Å². The zero-order valence-electron chi connectivity index (χ0n) is 20.1. The maximum absolute atomic E-state index is 5.79. The molecule has 0 bridgehead atoms. The predicted molar refractivity (Wildman–Crippen MR) is 140 cm³/mol. The van der Waals surface area contributed by atoms with Crippen LogP contribution in [0, 0.1) is 23.7 Å². The van der Waals surface area contributed by atoms with Gasteiger partial charge in [-0.15, -0.1) is 0 Å². The third kappa shape index (κ3) is 6.00. The van der Waals surface area contributed by atoms with Crippen LogP contribution >= 0.6 is 0 Å². The van der Waals surface area contributed by atoms with Crippen molar-refractivity contribution in [1.29, 1.82) is 0 Å². The van der Waals surface area contributed by atoms with Crippen LogP contribution in [-0.2, 0) is 0 Å². The lowest BCUT2D eigenvalue weighted by Gasteiger charge is -2.09. The minimum absolute atomic E-state index is 0.131. The predicted octanol–water partition coefficient (Wildman–Crippen LogP) is 7.21. The zero-order chi connectivity index (χ0) is 23.9. The highest BCUT2D eigenvalue weighted by atomic mass is 16.5. The van der Waals surface area contributed by atoms with E-state index < -0.39 is 0 Å². The molecule has 0 spiro atoms. The van der Waals surface area contributed by atoms with Crippen LogP contribution in [0.25, 0.3) is 10.8 Å². The summed E-state index contributed by atoms with van der Waals surface area (Å²) in [6.07, 6.45) is 0.261. The number of fused-ring (bicyclic) bond motifs is 1. The van der Waals surface area contributed by atoms with Crippen LogP contribution < -0.4 is 9.47 Å². The van der Waals surface area contributed by atoms with E-state index in [4.69, 9.17) is 9.47 Å². The van der Waals surface area contributed by atoms with Crippen molar-refractivity contribution in [3.8, 4) is 35.2 Å². The Balaban J connectivity index is 1.65. The van der Waals surface area contributed by atoms with E-state index in [2.05, 4.69) is 35.8 Å². The van der Waals surface area contributed by atoms with Gasteiger partial charge in [0.25, 0.3) is 0 Å². The highest BCUT2D eigenvalue weighted by Crippen LogP contribution is 2.23. The van der Waals surface area contributed by atoms with Crippen molar-refractivity contribution in [3.63, 3.8) is 0 Å². The first kappa shape index (κ1) is 23.0. The molecule has 168 valence electrons. The van der Waals surface area contributed by atoms with Crippen molar-refractivity contribution in [2.45, 2.75) is 39.9 Å². The molecule has 34 heavy (non-hydrogen) atoms. The van der Waals surface area contributed by atoms with Gasteiger partial charge in [-0.2, -0.15) is 0 Å². The number of benzene rings is 4. The third-order valence-electron chi connectivity index (χ3n) is 5.02. The van der Waals surface area contributed by atoms with Crippen LogP contribution in [-0.4, -0.2) is 12.2 Å². The fraction of sp³-hybridized carbons (Fsp3) is 0.188. The molecule has 2 nitrogen and oxygen atoms in total. The molecular weight excluding hydrogens is 416 g/mol. The lowest BCUT2D eigenvalue weighted by atomic mass is 9.99. The van der Waals surface area contributed by atoms with Gasteiger partial charge in [0.2, 0.25) is 0 Å². The Kier molecular flexibility index (Phi) is 7.22. The SMILES string of the molecule is CC(C)Oc1cccc(C#Cc2ccc(C#Cc3cccc(OC(C)C)c3)c3ccccc23)c1. The molecule has 0 N–H and O–H groups in total. The van der Waals surface area contributed by atoms with Gasteiger partial charge in [-0.1, -0.05) is 60.1 Å². The van der Waals surface area contributed by atoms with Gasteiger partial charge in [-0.3, -0.25) is 0 Å². The maximum atomic E-state index is 5.79. The number of hydrogen-bond acceptors (Lipinski definition) is 2. The van der Waals surface area contributed by atoms with E-state index in [1.807, 2.05) is 100 Å². The van der Waals surface area contributed by atoms with Gasteiger partial charge in [0.15, 0.2) is 0 Å². The van der Waals surface area contributed by atoms with Gasteiger partial charge >= 0.3 is 0 Å². The first-order valence-electron chi connectivity index (χ1n) is 11.6. The van der Waals surface area contributed by atoms with E-state index in [1.54, 1.807) is 0 Å². The Morgan fingerprint density at radius 1 is 0.500 bits per heavy atom. The molecule has 4 aromatic rings. The summed E-state index contributed by atoms with van der Waals surface area (Å²) < 4.78 is 11.6. The van der Waals surface area contributed by atoms with Crippen molar-refractivity contribution >= 4 is 10.8 Å². The lowest BCUT2D eigenvalue weighted by Crippen LogP contribution is -2.05. The van der Waals surface area contributed by atoms with Crippen LogP contribution in [0.3, 0.4) is 0 Å². The molecule has 0 radical (unpaired) electrons. The van der Waals surface area contributed by atoms with E-state index in [9.17, 15) is 0 Å². The molecule has 0 aliphatic carbocycles. The average molecular weight is 445 g/mol. The molecule has 0 heterocycles. The van der Waals surface area contributed by atoms with Crippen LogP contribution in [0.4, 0.5) is 0 Å². The summed E-state index contributed by atoms with van der Waals surface area (Å²) in [5, 5.41) is 2.18. The molecule has 0 saturated heterocycles. The summed E-state index contributed by atoms with van der Waals surface area (Å²) in [5.74, 6) is 14.9. The zero-order valence-corrected chi connectivity index (χ0v) is 20.1. The molecule has 2 heteroatoms. The molecule has 0 aromatic heterocycles. The number of hydrogen-bond donors (Lipinski definition) is 0. The summed E-state index contributed by atoms with van der Waals surface area (Å²) in [5.41, 5.74) is 3.80. The highest BCUT2D eigenvalue weighted by Gasteiger charge is 2.04. The van der Waals surface area contributed by atoms with Crippen LogP contribution in [0.5, 0.6) is 11.5 Å². The van der Waals surface area contributed by atoms with Crippen molar-refractivity contribution in [1.82, 2.24) is 0 Å². The first-order valence-corrected chi connectivity index (χ1v) is 11.6. The van der Waals surface area contributed by atoms with E-state index in [1.165, 1.54) is 0 Å². The summed E-state index contributed by atoms with van der Waals surface area (Å²) in [7, 11) is 0. The highest BCUT2D eigenvalue weighted by molar-refractivity contribution is 5.93. The van der Waals surface area contributed by atoms with Crippen molar-refractivity contribution in [2.24, 2.45) is 0 Å². The summed E-state index contributed by atoms with van der Waals surface area (Å²) in [6, 6.07) is 28.2. The maximum Gasteiger partial charge on any atom is 0.120 e. The molecule has 0 fully saturated rings. The number of ether oxygens (including phenoxy) is 2. The molecule has 0 saturated carbocycles. The van der Waals surface area contributed by atoms with Crippen molar-refractivity contribution < 1.29 is 9.47 Å². The summed E-state index contributed by atoms with van der Waals surface area (Å²) >= 11 is 0. The lowest BCUT2D eigenvalue weighted by molar-refractivity contribution is 0.242. The smallest absolute Gasteiger partial charge is 0.120 e. The van der Waals surface area contributed by atoms with E-state index in [0.29, 0.717) is 0 Å². The molecule has 0 atom stereocenters. The molecule has 0 amide bonds. The van der Waals surface area contributed by atoms with Gasteiger partial charge in [0.1, 0.15) is 11.5 Å². The van der Waals surface area contributed by atoms with Crippen LogP contribution in [0.1, 0.15) is 49.9 Å². The Bertz CT molecular complexity index is 1310. The summed E-state index contributed by atoms with van der Waals surface area (Å²) in [4.78, 5) is 0. The number of rotatable bonds is 4. The normalized spacial score (nSPS) is 10.4. The van der Waals surface area contributed by atoms with E-state index in [0.717, 1.165) is 44.5 Å². The Morgan fingerprint density at radius 2 is 0.941 bits per heavy atom. The van der Waals surface area contributed by atoms with E-state index >= 15 is 0 Å². The minimum Gasteiger partial charge on any atom is -0.491 e. The molecule has 0 aliphatic rings. The third-order valence-corrected chi connectivity index (χ3v) is 5.02. The standard InChI is InChI=1S/C32H28O2/c1-23(2)33-29-11-7-9-25(21-29)15-17-27-19-20-28(32-14-6-5-13-31(27)32)18-16-26-10-8-12-30(22-26)34-24(3)4/h5-14,19-24H,1-4H3. The van der Waals surface area contributed by atoms with Crippen LogP contribution in [0.2, 0.25) is 0 Å². The second-order valence-electron chi connectivity index (χ2n) is 8.60. The van der Waals surface area contributed by atoms with Gasteiger partial charge in [0.05, 0.1) is 12.2 Å². The fourth-order valence-corrected chi connectivity index (χ4v) is 3.63. The van der Waals surface area contributed by atoms with Gasteiger partial charge < -0.3 is 9.47 Å². The van der Waals surface area contributed by atoms with Gasteiger partial charge in [-0.05, 0) is 87.0 Å². The van der Waals surface area contributed by atoms with Crippen molar-refractivity contribution in [3.05, 3.63) is 107 Å². The topological polar surface area (TPSA) is 18.5 Å². The first-order chi connectivity index (χ1) is 16.5. The molecule has 4 rings (SSSR count). The monoisotopic (exact) mass is 444 g/mol. The minimum atomic E-state index is 0.131. The summed E-state index contributed by atoms with van der Waals surface area (Å²) in [6.45, 7) is 8.08. The second-order valence-corrected chi connectivity index (χ2v) is 8.60.